The summed E-state index contributed by atoms with van der Waals surface area (Å²) in [5.74, 6) is -0.351. The van der Waals surface area contributed by atoms with Crippen LogP contribution in [0.15, 0.2) is 24.3 Å². The second kappa shape index (κ2) is 5.33. The Morgan fingerprint density at radius 1 is 1.25 bits per heavy atom. The molecule has 104 valence electrons. The van der Waals surface area contributed by atoms with Crippen LogP contribution in [0.2, 0.25) is 0 Å². The molecule has 0 spiro atoms. The van der Waals surface area contributed by atoms with Crippen molar-refractivity contribution in [3.63, 3.8) is 0 Å². The maximum Gasteiger partial charge on any atom is 0.326 e. The van der Waals surface area contributed by atoms with Crippen LogP contribution in [0.3, 0.4) is 0 Å². The summed E-state index contributed by atoms with van der Waals surface area (Å²) < 4.78 is 0. The first kappa shape index (κ1) is 14.1. The Morgan fingerprint density at radius 2 is 1.90 bits per heavy atom. The first-order chi connectivity index (χ1) is 9.58. The maximum absolute atomic E-state index is 12.5. The van der Waals surface area contributed by atoms with E-state index >= 15 is 0 Å². The summed E-state index contributed by atoms with van der Waals surface area (Å²) >= 11 is 0. The number of hydrogen-bond donors (Lipinski definition) is 1. The summed E-state index contributed by atoms with van der Waals surface area (Å²) in [6, 6.07) is 9.00. The highest BCUT2D eigenvalue weighted by atomic mass is 16.2. The van der Waals surface area contributed by atoms with Crippen molar-refractivity contribution in [1.82, 2.24) is 10.2 Å². The fourth-order valence-corrected chi connectivity index (χ4v) is 2.50. The molecule has 1 aliphatic heterocycles. The van der Waals surface area contributed by atoms with E-state index in [1.54, 1.807) is 0 Å². The van der Waals surface area contributed by atoms with Crippen LogP contribution in [0.25, 0.3) is 0 Å². The number of amides is 3. The molecular weight excluding hydrogens is 254 g/mol. The minimum atomic E-state index is -1.04. The first-order valence-corrected chi connectivity index (χ1v) is 6.69. The van der Waals surface area contributed by atoms with Gasteiger partial charge in [-0.2, -0.15) is 5.26 Å². The van der Waals surface area contributed by atoms with Gasteiger partial charge < -0.3 is 5.32 Å². The summed E-state index contributed by atoms with van der Waals surface area (Å²) in [4.78, 5) is 25.4. The molecule has 1 heterocycles. The second-order valence-corrected chi connectivity index (χ2v) is 4.79. The van der Waals surface area contributed by atoms with Crippen LogP contribution < -0.4 is 5.32 Å². The summed E-state index contributed by atoms with van der Waals surface area (Å²) in [5, 5.41) is 11.5. The third-order valence-corrected chi connectivity index (χ3v) is 3.79. The number of nitrogens with one attached hydrogen (secondary N) is 1. The quantitative estimate of drug-likeness (QED) is 0.671. The lowest BCUT2D eigenvalue weighted by Crippen LogP contribution is -2.43. The van der Waals surface area contributed by atoms with Crippen molar-refractivity contribution >= 4 is 11.9 Å². The number of hydrogen-bond acceptors (Lipinski definition) is 3. The Kier molecular flexibility index (Phi) is 3.75. The van der Waals surface area contributed by atoms with E-state index in [1.165, 1.54) is 5.56 Å². The van der Waals surface area contributed by atoms with Gasteiger partial charge in [-0.3, -0.25) is 4.79 Å². The molecule has 1 atom stereocenters. The maximum atomic E-state index is 12.5. The number of imide groups is 1. The standard InChI is InChI=1S/C15H17N3O2/c1-3-11-5-7-12(8-6-11)15(4-2)13(19)18(10-9-16)14(20)17-15/h5-8H,3-4,10H2,1-2H3,(H,17,20). The van der Waals surface area contributed by atoms with E-state index in [4.69, 9.17) is 5.26 Å². The van der Waals surface area contributed by atoms with Crippen molar-refractivity contribution in [2.24, 2.45) is 0 Å². The number of nitrogens with zero attached hydrogens (tertiary/aromatic N) is 2. The molecule has 1 unspecified atom stereocenters. The zero-order chi connectivity index (χ0) is 14.8. The SMILES string of the molecule is CCc1ccc(C2(CC)NC(=O)N(CC#N)C2=O)cc1. The molecule has 1 aromatic rings. The lowest BCUT2D eigenvalue weighted by molar-refractivity contribution is -0.131. The third-order valence-electron chi connectivity index (χ3n) is 3.79. The first-order valence-electron chi connectivity index (χ1n) is 6.69. The summed E-state index contributed by atoms with van der Waals surface area (Å²) in [7, 11) is 0. The molecular formula is C15H17N3O2. The van der Waals surface area contributed by atoms with Gasteiger partial charge in [0, 0.05) is 0 Å². The van der Waals surface area contributed by atoms with Crippen LogP contribution in [0.5, 0.6) is 0 Å². The van der Waals surface area contributed by atoms with Crippen molar-refractivity contribution < 1.29 is 9.59 Å². The number of urea groups is 1. The molecule has 1 N–H and O–H groups in total. The number of carbonyl (C=O) groups excluding carboxylic acids is 2. The fourth-order valence-electron chi connectivity index (χ4n) is 2.50. The summed E-state index contributed by atoms with van der Waals surface area (Å²) in [6.45, 7) is 3.68. The van der Waals surface area contributed by atoms with Crippen LogP contribution in [-0.4, -0.2) is 23.4 Å². The number of carbonyl (C=O) groups is 2. The molecule has 2 rings (SSSR count). The summed E-state index contributed by atoms with van der Waals surface area (Å²) in [6.07, 6.45) is 1.37. The van der Waals surface area contributed by atoms with Gasteiger partial charge in [0.1, 0.15) is 12.1 Å². The Labute approximate surface area is 118 Å². The normalized spacial score (nSPS) is 21.8. The predicted octanol–water partition coefficient (Wildman–Crippen LogP) is 1.93. The highest BCUT2D eigenvalue weighted by Gasteiger charge is 2.51. The van der Waals surface area contributed by atoms with Crippen LogP contribution in [0.1, 0.15) is 31.4 Å². The zero-order valence-electron chi connectivity index (χ0n) is 11.6. The number of aryl methyl sites for hydroxylation is 1. The summed E-state index contributed by atoms with van der Waals surface area (Å²) in [5.41, 5.74) is 0.891. The van der Waals surface area contributed by atoms with Gasteiger partial charge in [-0.25, -0.2) is 9.69 Å². The monoisotopic (exact) mass is 271 g/mol. The van der Waals surface area contributed by atoms with Crippen molar-refractivity contribution in [2.75, 3.05) is 6.54 Å². The van der Waals surface area contributed by atoms with Crippen LogP contribution in [0.4, 0.5) is 4.79 Å². The van der Waals surface area contributed by atoms with Crippen molar-refractivity contribution in [1.29, 1.82) is 5.26 Å². The Morgan fingerprint density at radius 3 is 2.40 bits per heavy atom. The minimum Gasteiger partial charge on any atom is -0.319 e. The van der Waals surface area contributed by atoms with Crippen molar-refractivity contribution in [3.05, 3.63) is 35.4 Å². The number of nitriles is 1. The predicted molar refractivity (Wildman–Crippen MR) is 73.6 cm³/mol. The average Bonchev–Trinajstić information content (AvgIpc) is 2.73. The van der Waals surface area contributed by atoms with E-state index in [-0.39, 0.29) is 12.5 Å². The van der Waals surface area contributed by atoms with Gasteiger partial charge in [0.05, 0.1) is 6.07 Å². The molecule has 1 saturated heterocycles. The van der Waals surface area contributed by atoms with Gasteiger partial charge in [-0.1, -0.05) is 38.1 Å². The highest BCUT2D eigenvalue weighted by molar-refractivity contribution is 6.07. The lowest BCUT2D eigenvalue weighted by Gasteiger charge is -2.25. The lowest BCUT2D eigenvalue weighted by atomic mass is 9.86. The van der Waals surface area contributed by atoms with E-state index in [2.05, 4.69) is 12.2 Å². The van der Waals surface area contributed by atoms with Gasteiger partial charge in [0.25, 0.3) is 5.91 Å². The molecule has 5 nitrogen and oxygen atoms in total. The molecule has 0 aromatic heterocycles. The molecule has 1 aliphatic rings. The molecule has 20 heavy (non-hydrogen) atoms. The fraction of sp³-hybridized carbons (Fsp3) is 0.400. The molecule has 0 aliphatic carbocycles. The number of rotatable bonds is 4. The molecule has 1 aromatic carbocycles. The van der Waals surface area contributed by atoms with E-state index in [0.717, 1.165) is 16.9 Å². The average molecular weight is 271 g/mol. The van der Waals surface area contributed by atoms with E-state index in [9.17, 15) is 9.59 Å². The molecule has 3 amide bonds. The smallest absolute Gasteiger partial charge is 0.319 e. The van der Waals surface area contributed by atoms with Crippen LogP contribution >= 0.6 is 0 Å². The highest BCUT2D eigenvalue weighted by Crippen LogP contribution is 2.32. The Balaban J connectivity index is 2.42. The zero-order valence-corrected chi connectivity index (χ0v) is 11.6. The minimum absolute atomic E-state index is 0.223. The van der Waals surface area contributed by atoms with Crippen molar-refractivity contribution in [2.45, 2.75) is 32.2 Å². The van der Waals surface area contributed by atoms with Crippen LogP contribution in [0, 0.1) is 11.3 Å². The molecule has 0 radical (unpaired) electrons. The largest absolute Gasteiger partial charge is 0.326 e. The second-order valence-electron chi connectivity index (χ2n) is 4.79. The van der Waals surface area contributed by atoms with Gasteiger partial charge in [-0.05, 0) is 24.0 Å². The third kappa shape index (κ3) is 2.03. The topological polar surface area (TPSA) is 73.2 Å². The molecule has 5 heteroatoms. The number of benzene rings is 1. The van der Waals surface area contributed by atoms with Gasteiger partial charge in [0.2, 0.25) is 0 Å². The van der Waals surface area contributed by atoms with Crippen LogP contribution in [-0.2, 0) is 16.8 Å². The molecule has 0 bridgehead atoms. The Bertz CT molecular complexity index is 574. The molecule has 0 saturated carbocycles. The van der Waals surface area contributed by atoms with E-state index in [1.807, 2.05) is 37.3 Å². The van der Waals surface area contributed by atoms with E-state index < -0.39 is 11.6 Å². The Hall–Kier alpha value is -2.35. The van der Waals surface area contributed by atoms with E-state index in [0.29, 0.717) is 6.42 Å². The van der Waals surface area contributed by atoms with Gasteiger partial charge in [0.15, 0.2) is 0 Å². The van der Waals surface area contributed by atoms with Gasteiger partial charge >= 0.3 is 6.03 Å². The van der Waals surface area contributed by atoms with Crippen molar-refractivity contribution in [3.8, 4) is 6.07 Å². The van der Waals surface area contributed by atoms with Gasteiger partial charge in [-0.15, -0.1) is 0 Å². The molecule has 1 fully saturated rings.